The van der Waals surface area contributed by atoms with E-state index in [2.05, 4.69) is 24.2 Å². The molecule has 5 nitrogen and oxygen atoms in total. The van der Waals surface area contributed by atoms with Gasteiger partial charge in [0, 0.05) is 25.2 Å². The summed E-state index contributed by atoms with van der Waals surface area (Å²) in [6.07, 6.45) is 3.82. The molecule has 0 aromatic heterocycles. The van der Waals surface area contributed by atoms with E-state index in [0.717, 1.165) is 43.6 Å². The van der Waals surface area contributed by atoms with Crippen molar-refractivity contribution in [3.63, 3.8) is 0 Å². The number of rotatable bonds is 6. The van der Waals surface area contributed by atoms with Crippen molar-refractivity contribution in [2.75, 3.05) is 18.0 Å². The Morgan fingerprint density at radius 1 is 1.30 bits per heavy atom. The molecule has 1 aromatic carbocycles. The molecule has 2 rings (SSSR count). The number of nitrogens with zero attached hydrogens (tertiary/aromatic N) is 2. The SMILES string of the molecule is CC(C)CCNC(N)=NCc1ccc(N2CCCCC2=O)cc1. The first-order valence-electron chi connectivity index (χ1n) is 8.49. The zero-order chi connectivity index (χ0) is 16.7. The summed E-state index contributed by atoms with van der Waals surface area (Å²) in [5, 5.41) is 3.13. The lowest BCUT2D eigenvalue weighted by Crippen LogP contribution is -2.35. The Bertz CT molecular complexity index is 536. The molecule has 0 saturated carbocycles. The van der Waals surface area contributed by atoms with Crippen molar-refractivity contribution in [1.82, 2.24) is 5.32 Å². The zero-order valence-corrected chi connectivity index (χ0v) is 14.2. The summed E-state index contributed by atoms with van der Waals surface area (Å²) in [5.41, 5.74) is 7.93. The van der Waals surface area contributed by atoms with Crippen LogP contribution in [-0.4, -0.2) is 25.0 Å². The first-order chi connectivity index (χ1) is 11.1. The van der Waals surface area contributed by atoms with Crippen LogP contribution in [-0.2, 0) is 11.3 Å². The number of anilines is 1. The highest BCUT2D eigenvalue weighted by atomic mass is 16.2. The molecule has 126 valence electrons. The largest absolute Gasteiger partial charge is 0.370 e. The lowest BCUT2D eigenvalue weighted by Gasteiger charge is -2.26. The number of hydrogen-bond acceptors (Lipinski definition) is 2. The molecule has 0 radical (unpaired) electrons. The van der Waals surface area contributed by atoms with E-state index >= 15 is 0 Å². The van der Waals surface area contributed by atoms with Crippen LogP contribution in [0.15, 0.2) is 29.3 Å². The summed E-state index contributed by atoms with van der Waals surface area (Å²) in [6, 6.07) is 8.02. The molecule has 3 N–H and O–H groups in total. The number of carbonyl (C=O) groups excluding carboxylic acids is 1. The fourth-order valence-electron chi connectivity index (χ4n) is 2.58. The lowest BCUT2D eigenvalue weighted by molar-refractivity contribution is -0.119. The Morgan fingerprint density at radius 2 is 2.04 bits per heavy atom. The number of carbonyl (C=O) groups is 1. The van der Waals surface area contributed by atoms with E-state index in [-0.39, 0.29) is 5.91 Å². The Kier molecular flexibility index (Phi) is 6.44. The second kappa shape index (κ2) is 8.56. The zero-order valence-electron chi connectivity index (χ0n) is 14.2. The van der Waals surface area contributed by atoms with Gasteiger partial charge in [-0.3, -0.25) is 4.79 Å². The van der Waals surface area contributed by atoms with Gasteiger partial charge in [0.1, 0.15) is 0 Å². The van der Waals surface area contributed by atoms with E-state index in [4.69, 9.17) is 5.73 Å². The van der Waals surface area contributed by atoms with Crippen LogP contribution in [0.3, 0.4) is 0 Å². The molecular weight excluding hydrogens is 288 g/mol. The smallest absolute Gasteiger partial charge is 0.226 e. The Morgan fingerprint density at radius 3 is 2.70 bits per heavy atom. The highest BCUT2D eigenvalue weighted by Crippen LogP contribution is 2.21. The molecule has 0 unspecified atom stereocenters. The number of hydrogen-bond donors (Lipinski definition) is 2. The van der Waals surface area contributed by atoms with E-state index in [1.807, 2.05) is 29.2 Å². The highest BCUT2D eigenvalue weighted by Gasteiger charge is 2.19. The van der Waals surface area contributed by atoms with E-state index in [0.29, 0.717) is 24.8 Å². The minimum Gasteiger partial charge on any atom is -0.370 e. The van der Waals surface area contributed by atoms with Crippen molar-refractivity contribution in [2.24, 2.45) is 16.6 Å². The molecule has 1 aliphatic rings. The third kappa shape index (κ3) is 5.58. The molecule has 0 aliphatic carbocycles. The highest BCUT2D eigenvalue weighted by molar-refractivity contribution is 5.93. The molecule has 0 bridgehead atoms. The third-order valence-electron chi connectivity index (χ3n) is 4.03. The number of benzene rings is 1. The normalized spacial score (nSPS) is 16.0. The second-order valence-electron chi connectivity index (χ2n) is 6.48. The molecule has 0 spiro atoms. The van der Waals surface area contributed by atoms with Gasteiger partial charge in [0.05, 0.1) is 6.54 Å². The summed E-state index contributed by atoms with van der Waals surface area (Å²) in [4.78, 5) is 18.1. The fraction of sp³-hybridized carbons (Fsp3) is 0.556. The number of piperidine rings is 1. The van der Waals surface area contributed by atoms with Gasteiger partial charge >= 0.3 is 0 Å². The standard InChI is InChI=1S/C18H28N4O/c1-14(2)10-11-20-18(19)21-13-15-6-8-16(9-7-15)22-12-4-3-5-17(22)23/h6-9,14H,3-5,10-13H2,1-2H3,(H3,19,20,21). The molecule has 1 heterocycles. The molecule has 1 amide bonds. The molecule has 1 fully saturated rings. The Labute approximate surface area is 139 Å². The monoisotopic (exact) mass is 316 g/mol. The molecule has 1 aromatic rings. The molecule has 23 heavy (non-hydrogen) atoms. The van der Waals surface area contributed by atoms with Gasteiger partial charge in [-0.1, -0.05) is 26.0 Å². The van der Waals surface area contributed by atoms with Crippen molar-refractivity contribution < 1.29 is 4.79 Å². The van der Waals surface area contributed by atoms with Crippen molar-refractivity contribution in [3.8, 4) is 0 Å². The van der Waals surface area contributed by atoms with Gasteiger partial charge in [-0.05, 0) is 42.9 Å². The number of aliphatic imine (C=N–C) groups is 1. The van der Waals surface area contributed by atoms with Crippen molar-refractivity contribution >= 4 is 17.6 Å². The Balaban J connectivity index is 1.86. The predicted molar refractivity (Wildman–Crippen MR) is 95.4 cm³/mol. The maximum Gasteiger partial charge on any atom is 0.226 e. The van der Waals surface area contributed by atoms with Gasteiger partial charge in [0.15, 0.2) is 5.96 Å². The lowest BCUT2D eigenvalue weighted by atomic mass is 10.1. The van der Waals surface area contributed by atoms with Crippen LogP contribution in [0, 0.1) is 5.92 Å². The van der Waals surface area contributed by atoms with Crippen LogP contribution in [0.4, 0.5) is 5.69 Å². The minimum absolute atomic E-state index is 0.223. The Hall–Kier alpha value is -2.04. The van der Waals surface area contributed by atoms with Crippen LogP contribution in [0.5, 0.6) is 0 Å². The molecule has 1 aliphatic heterocycles. The van der Waals surface area contributed by atoms with Gasteiger partial charge in [-0.25, -0.2) is 4.99 Å². The van der Waals surface area contributed by atoms with Gasteiger partial charge in [-0.15, -0.1) is 0 Å². The summed E-state index contributed by atoms with van der Waals surface area (Å²) in [7, 11) is 0. The average molecular weight is 316 g/mol. The summed E-state index contributed by atoms with van der Waals surface area (Å²) in [6.45, 7) is 6.59. The van der Waals surface area contributed by atoms with Crippen molar-refractivity contribution in [2.45, 2.75) is 46.1 Å². The van der Waals surface area contributed by atoms with Crippen LogP contribution in [0.2, 0.25) is 0 Å². The molecule has 0 atom stereocenters. The van der Waals surface area contributed by atoms with E-state index in [1.54, 1.807) is 0 Å². The first kappa shape index (κ1) is 17.3. The summed E-state index contributed by atoms with van der Waals surface area (Å²) >= 11 is 0. The minimum atomic E-state index is 0.223. The van der Waals surface area contributed by atoms with Crippen LogP contribution >= 0.6 is 0 Å². The van der Waals surface area contributed by atoms with Crippen LogP contribution in [0.1, 0.15) is 45.1 Å². The topological polar surface area (TPSA) is 70.7 Å². The second-order valence-corrected chi connectivity index (χ2v) is 6.48. The van der Waals surface area contributed by atoms with E-state index in [9.17, 15) is 4.79 Å². The first-order valence-corrected chi connectivity index (χ1v) is 8.49. The van der Waals surface area contributed by atoms with E-state index in [1.165, 1.54) is 0 Å². The average Bonchev–Trinajstić information content (AvgIpc) is 2.54. The van der Waals surface area contributed by atoms with Gasteiger partial charge < -0.3 is 16.0 Å². The van der Waals surface area contributed by atoms with Gasteiger partial charge in [0.25, 0.3) is 0 Å². The van der Waals surface area contributed by atoms with Crippen LogP contribution in [0.25, 0.3) is 0 Å². The fourth-order valence-corrected chi connectivity index (χ4v) is 2.58. The maximum atomic E-state index is 11.9. The van der Waals surface area contributed by atoms with Gasteiger partial charge in [-0.2, -0.15) is 0 Å². The number of guanidine groups is 1. The van der Waals surface area contributed by atoms with Crippen LogP contribution < -0.4 is 16.0 Å². The maximum absolute atomic E-state index is 11.9. The van der Waals surface area contributed by atoms with Crippen molar-refractivity contribution in [1.29, 1.82) is 0 Å². The predicted octanol–water partition coefficient (Wildman–Crippen LogP) is 2.65. The molecular formula is C18H28N4O. The number of nitrogens with one attached hydrogen (secondary N) is 1. The third-order valence-corrected chi connectivity index (χ3v) is 4.03. The summed E-state index contributed by atoms with van der Waals surface area (Å²) in [5.74, 6) is 1.36. The molecule has 5 heteroatoms. The van der Waals surface area contributed by atoms with E-state index < -0.39 is 0 Å². The number of nitrogens with two attached hydrogens (primary N) is 1. The summed E-state index contributed by atoms with van der Waals surface area (Å²) < 4.78 is 0. The number of amides is 1. The van der Waals surface area contributed by atoms with Gasteiger partial charge in [0.2, 0.25) is 5.91 Å². The molecule has 1 saturated heterocycles. The van der Waals surface area contributed by atoms with Crippen molar-refractivity contribution in [3.05, 3.63) is 29.8 Å². The quantitative estimate of drug-likeness (QED) is 0.626.